The Kier molecular flexibility index (Phi) is 6.13. The Labute approximate surface area is 163 Å². The van der Waals surface area contributed by atoms with Crippen LogP contribution in [0, 0.1) is 0 Å². The van der Waals surface area contributed by atoms with E-state index in [2.05, 4.69) is 10.3 Å². The second kappa shape index (κ2) is 8.73. The van der Waals surface area contributed by atoms with Crippen molar-refractivity contribution in [1.82, 2.24) is 4.98 Å². The summed E-state index contributed by atoms with van der Waals surface area (Å²) >= 11 is 0. The van der Waals surface area contributed by atoms with Crippen LogP contribution in [0.15, 0.2) is 36.5 Å². The van der Waals surface area contributed by atoms with Gasteiger partial charge in [0, 0.05) is 17.8 Å². The van der Waals surface area contributed by atoms with Crippen LogP contribution in [0.1, 0.15) is 60.2 Å². The molecule has 7 heteroatoms. The zero-order chi connectivity index (χ0) is 20.1. The highest BCUT2D eigenvalue weighted by molar-refractivity contribution is 6.04. The van der Waals surface area contributed by atoms with E-state index in [9.17, 15) is 9.59 Å². The van der Waals surface area contributed by atoms with Crippen LogP contribution in [-0.4, -0.2) is 34.2 Å². The molecule has 1 aliphatic rings. The average molecular weight is 384 g/mol. The van der Waals surface area contributed by atoms with Gasteiger partial charge in [-0.1, -0.05) is 0 Å². The number of carboxylic acid groups (broad SMARTS) is 1. The van der Waals surface area contributed by atoms with Crippen molar-refractivity contribution >= 4 is 17.7 Å². The lowest BCUT2D eigenvalue weighted by Gasteiger charge is -2.17. The van der Waals surface area contributed by atoms with Gasteiger partial charge in [-0.2, -0.15) is 0 Å². The quantitative estimate of drug-likeness (QED) is 0.744. The number of rotatable bonds is 7. The Morgan fingerprint density at radius 2 is 1.82 bits per heavy atom. The largest absolute Gasteiger partial charge is 0.491 e. The van der Waals surface area contributed by atoms with Crippen LogP contribution in [0.4, 0.5) is 5.82 Å². The number of pyridine rings is 1. The zero-order valence-corrected chi connectivity index (χ0v) is 16.0. The molecule has 2 aromatic rings. The molecule has 148 valence electrons. The minimum atomic E-state index is -1.07. The third-order valence-electron chi connectivity index (χ3n) is 4.37. The predicted octanol–water partition coefficient (Wildman–Crippen LogP) is 4.14. The molecule has 1 fully saturated rings. The first-order valence-electron chi connectivity index (χ1n) is 9.40. The highest BCUT2D eigenvalue weighted by atomic mass is 16.5. The topological polar surface area (TPSA) is 97.8 Å². The molecule has 1 saturated carbocycles. The number of carbonyl (C=O) groups excluding carboxylic acids is 1. The summed E-state index contributed by atoms with van der Waals surface area (Å²) in [5.41, 5.74) is 0.438. The van der Waals surface area contributed by atoms with Crippen molar-refractivity contribution in [2.45, 2.75) is 51.7 Å². The van der Waals surface area contributed by atoms with E-state index in [1.165, 1.54) is 18.3 Å². The number of nitrogens with one attached hydrogen (secondary N) is 1. The Hall–Kier alpha value is -3.09. The predicted molar refractivity (Wildman–Crippen MR) is 104 cm³/mol. The third kappa shape index (κ3) is 5.22. The number of hydrogen-bond acceptors (Lipinski definition) is 5. The number of aromatic nitrogens is 1. The number of amides is 1. The van der Waals surface area contributed by atoms with Crippen LogP contribution >= 0.6 is 0 Å². The summed E-state index contributed by atoms with van der Waals surface area (Å²) in [4.78, 5) is 27.6. The molecule has 0 atom stereocenters. The van der Waals surface area contributed by atoms with E-state index in [1.54, 1.807) is 18.2 Å². The first-order chi connectivity index (χ1) is 13.4. The molecule has 1 heterocycles. The minimum absolute atomic E-state index is 0.0390. The summed E-state index contributed by atoms with van der Waals surface area (Å²) < 4.78 is 11.8. The van der Waals surface area contributed by atoms with Crippen LogP contribution in [0.25, 0.3) is 0 Å². The molecule has 0 bridgehead atoms. The number of hydrogen-bond donors (Lipinski definition) is 2. The fourth-order valence-corrected chi connectivity index (χ4v) is 3.09. The van der Waals surface area contributed by atoms with Gasteiger partial charge in [-0.3, -0.25) is 4.79 Å². The van der Waals surface area contributed by atoms with E-state index in [0.717, 1.165) is 25.7 Å². The molecule has 0 saturated heterocycles. The Bertz CT molecular complexity index is 842. The van der Waals surface area contributed by atoms with Crippen molar-refractivity contribution in [3.63, 3.8) is 0 Å². The van der Waals surface area contributed by atoms with E-state index < -0.39 is 5.97 Å². The maximum atomic E-state index is 12.7. The molecule has 7 nitrogen and oxygen atoms in total. The lowest BCUT2D eigenvalue weighted by molar-refractivity contribution is 0.0696. The van der Waals surface area contributed by atoms with E-state index in [1.807, 2.05) is 13.8 Å². The molecular weight excluding hydrogens is 360 g/mol. The first kappa shape index (κ1) is 19.7. The number of benzene rings is 1. The molecule has 28 heavy (non-hydrogen) atoms. The SMILES string of the molecule is CC(C)Oc1cc(OC2CCCC2)cc(C(=O)Nc2ccc(C(=O)O)cn2)c1. The monoisotopic (exact) mass is 384 g/mol. The van der Waals surface area contributed by atoms with Gasteiger partial charge < -0.3 is 19.9 Å². The molecule has 0 aliphatic heterocycles. The Morgan fingerprint density at radius 1 is 1.11 bits per heavy atom. The molecule has 0 unspecified atom stereocenters. The standard InChI is InChI=1S/C21H24N2O5/c1-13(2)27-17-9-15(10-18(11-17)28-16-5-3-4-6-16)20(24)23-19-8-7-14(12-22-19)21(25)26/h7-13,16H,3-6H2,1-2H3,(H,25,26)(H,22,23,24). The summed E-state index contributed by atoms with van der Waals surface area (Å²) in [6.07, 6.45) is 5.65. The normalized spacial score (nSPS) is 14.1. The second-order valence-electron chi connectivity index (χ2n) is 7.08. The number of anilines is 1. The second-order valence-corrected chi connectivity index (χ2v) is 7.08. The Morgan fingerprint density at radius 3 is 2.43 bits per heavy atom. The number of ether oxygens (including phenoxy) is 2. The molecule has 1 aromatic carbocycles. The fraction of sp³-hybridized carbons (Fsp3) is 0.381. The number of carboxylic acids is 1. The maximum absolute atomic E-state index is 12.7. The van der Waals surface area contributed by atoms with Gasteiger partial charge in [0.1, 0.15) is 17.3 Å². The summed E-state index contributed by atoms with van der Waals surface area (Å²) in [5, 5.41) is 11.6. The number of carbonyl (C=O) groups is 2. The zero-order valence-electron chi connectivity index (χ0n) is 16.0. The van der Waals surface area contributed by atoms with Gasteiger partial charge >= 0.3 is 5.97 Å². The van der Waals surface area contributed by atoms with Gasteiger partial charge in [-0.25, -0.2) is 9.78 Å². The van der Waals surface area contributed by atoms with Crippen molar-refractivity contribution in [2.24, 2.45) is 0 Å². The molecule has 0 radical (unpaired) electrons. The van der Waals surface area contributed by atoms with E-state index in [0.29, 0.717) is 17.1 Å². The van der Waals surface area contributed by atoms with Gasteiger partial charge in [-0.15, -0.1) is 0 Å². The van der Waals surface area contributed by atoms with Gasteiger partial charge in [-0.05, 0) is 63.8 Å². The van der Waals surface area contributed by atoms with E-state index in [4.69, 9.17) is 14.6 Å². The lowest BCUT2D eigenvalue weighted by Crippen LogP contribution is -2.16. The highest BCUT2D eigenvalue weighted by Crippen LogP contribution is 2.29. The van der Waals surface area contributed by atoms with Crippen molar-refractivity contribution < 1.29 is 24.2 Å². The molecule has 2 N–H and O–H groups in total. The summed E-state index contributed by atoms with van der Waals surface area (Å²) in [7, 11) is 0. The van der Waals surface area contributed by atoms with Crippen molar-refractivity contribution in [1.29, 1.82) is 0 Å². The minimum Gasteiger partial charge on any atom is -0.491 e. The van der Waals surface area contributed by atoms with Crippen LogP contribution < -0.4 is 14.8 Å². The van der Waals surface area contributed by atoms with E-state index in [-0.39, 0.29) is 29.5 Å². The number of nitrogens with zero attached hydrogens (tertiary/aromatic N) is 1. The van der Waals surface area contributed by atoms with Gasteiger partial charge in [0.15, 0.2) is 0 Å². The van der Waals surface area contributed by atoms with Crippen LogP contribution in [-0.2, 0) is 0 Å². The maximum Gasteiger partial charge on any atom is 0.337 e. The van der Waals surface area contributed by atoms with Crippen LogP contribution in [0.2, 0.25) is 0 Å². The van der Waals surface area contributed by atoms with Crippen LogP contribution in [0.5, 0.6) is 11.5 Å². The summed E-state index contributed by atoms with van der Waals surface area (Å²) in [5.74, 6) is -0.0173. The van der Waals surface area contributed by atoms with Gasteiger partial charge in [0.25, 0.3) is 5.91 Å². The molecule has 0 spiro atoms. The van der Waals surface area contributed by atoms with Crippen molar-refractivity contribution in [3.05, 3.63) is 47.7 Å². The molecule has 1 amide bonds. The fourth-order valence-electron chi connectivity index (χ4n) is 3.09. The highest BCUT2D eigenvalue weighted by Gasteiger charge is 2.19. The Balaban J connectivity index is 1.79. The average Bonchev–Trinajstić information content (AvgIpc) is 3.14. The number of aromatic carboxylic acids is 1. The lowest BCUT2D eigenvalue weighted by atomic mass is 10.1. The molecule has 1 aliphatic carbocycles. The summed E-state index contributed by atoms with van der Waals surface area (Å²) in [6, 6.07) is 7.98. The third-order valence-corrected chi connectivity index (χ3v) is 4.37. The molecule has 3 rings (SSSR count). The smallest absolute Gasteiger partial charge is 0.337 e. The first-order valence-corrected chi connectivity index (χ1v) is 9.40. The van der Waals surface area contributed by atoms with Gasteiger partial charge in [0.05, 0.1) is 17.8 Å². The molecular formula is C21H24N2O5. The van der Waals surface area contributed by atoms with Crippen molar-refractivity contribution in [2.75, 3.05) is 5.32 Å². The summed E-state index contributed by atoms with van der Waals surface area (Å²) in [6.45, 7) is 3.83. The molecule has 1 aromatic heterocycles. The van der Waals surface area contributed by atoms with E-state index >= 15 is 0 Å². The van der Waals surface area contributed by atoms with Gasteiger partial charge in [0.2, 0.25) is 0 Å². The van der Waals surface area contributed by atoms with Crippen molar-refractivity contribution in [3.8, 4) is 11.5 Å². The van der Waals surface area contributed by atoms with Crippen LogP contribution in [0.3, 0.4) is 0 Å².